The van der Waals surface area contributed by atoms with Gasteiger partial charge in [-0.3, -0.25) is 9.59 Å². The molecule has 162 valence electrons. The fraction of sp³-hybridized carbons (Fsp3) is 0.375. The largest absolute Gasteiger partial charge is 0.381 e. The van der Waals surface area contributed by atoms with Crippen molar-refractivity contribution in [2.24, 2.45) is 5.10 Å². The van der Waals surface area contributed by atoms with Gasteiger partial charge in [0.15, 0.2) is 0 Å². The molecule has 2 aromatic carbocycles. The molecule has 0 bridgehead atoms. The normalized spacial score (nSPS) is 18.4. The quantitative estimate of drug-likeness (QED) is 0.776. The molecular formula is C24H26FN3O3. The molecule has 0 aliphatic carbocycles. The lowest BCUT2D eigenvalue weighted by Crippen LogP contribution is -2.47. The molecule has 7 heteroatoms. The van der Waals surface area contributed by atoms with Crippen LogP contribution < -0.4 is 5.32 Å². The summed E-state index contributed by atoms with van der Waals surface area (Å²) in [6.07, 6.45) is 2.06. The van der Waals surface area contributed by atoms with Crippen LogP contribution in [0.5, 0.6) is 0 Å². The standard InChI is InChI=1S/C24H26FN3O3/c25-20-8-6-19(7-9-20)24(12-14-31-15-13-24)17-26-23(30)21-10-11-22(29)28(27-21)16-18-4-2-1-3-5-18/h1-9H,10-17H2,(H,26,30). The number of carbonyl (C=O) groups excluding carboxylic acids is 2. The molecule has 2 amide bonds. The Hall–Kier alpha value is -3.06. The number of nitrogens with one attached hydrogen (secondary N) is 1. The Morgan fingerprint density at radius 3 is 2.48 bits per heavy atom. The van der Waals surface area contributed by atoms with Crippen LogP contribution in [-0.4, -0.2) is 42.3 Å². The van der Waals surface area contributed by atoms with Crippen LogP contribution in [0.25, 0.3) is 0 Å². The van der Waals surface area contributed by atoms with Crippen LogP contribution in [0.4, 0.5) is 4.39 Å². The summed E-state index contributed by atoms with van der Waals surface area (Å²) in [6.45, 7) is 1.93. The maximum Gasteiger partial charge on any atom is 0.267 e. The van der Waals surface area contributed by atoms with Gasteiger partial charge in [-0.25, -0.2) is 9.40 Å². The SMILES string of the molecule is O=C(NCC1(c2ccc(F)cc2)CCOCC1)C1=NN(Cc2ccccc2)C(=O)CC1. The molecule has 0 aromatic heterocycles. The lowest BCUT2D eigenvalue weighted by molar-refractivity contribution is -0.132. The molecule has 1 N–H and O–H groups in total. The third-order valence-corrected chi connectivity index (χ3v) is 6.04. The summed E-state index contributed by atoms with van der Waals surface area (Å²) >= 11 is 0. The molecule has 0 spiro atoms. The van der Waals surface area contributed by atoms with Gasteiger partial charge in [-0.2, -0.15) is 5.10 Å². The van der Waals surface area contributed by atoms with Crippen LogP contribution in [0, 0.1) is 5.82 Å². The Morgan fingerprint density at radius 1 is 1.06 bits per heavy atom. The van der Waals surface area contributed by atoms with Crippen LogP contribution in [-0.2, 0) is 26.3 Å². The Balaban J connectivity index is 1.46. The maximum absolute atomic E-state index is 13.4. The first-order chi connectivity index (χ1) is 15.1. The van der Waals surface area contributed by atoms with Gasteiger partial charge in [0.2, 0.25) is 5.91 Å². The third-order valence-electron chi connectivity index (χ3n) is 6.04. The van der Waals surface area contributed by atoms with Crippen LogP contribution in [0.3, 0.4) is 0 Å². The number of amides is 2. The van der Waals surface area contributed by atoms with Crippen molar-refractivity contribution in [3.63, 3.8) is 0 Å². The monoisotopic (exact) mass is 423 g/mol. The van der Waals surface area contributed by atoms with Crippen LogP contribution in [0.2, 0.25) is 0 Å². The number of hydrazone groups is 1. The first-order valence-electron chi connectivity index (χ1n) is 10.6. The molecule has 2 aliphatic heterocycles. The highest BCUT2D eigenvalue weighted by molar-refractivity contribution is 6.39. The van der Waals surface area contributed by atoms with Gasteiger partial charge in [-0.15, -0.1) is 0 Å². The van der Waals surface area contributed by atoms with Crippen molar-refractivity contribution >= 4 is 17.5 Å². The van der Waals surface area contributed by atoms with Crippen LogP contribution in [0.15, 0.2) is 59.7 Å². The summed E-state index contributed by atoms with van der Waals surface area (Å²) in [5.74, 6) is -0.638. The summed E-state index contributed by atoms with van der Waals surface area (Å²) in [5, 5.41) is 8.73. The number of ether oxygens (including phenoxy) is 1. The lowest BCUT2D eigenvalue weighted by atomic mass is 9.74. The zero-order valence-corrected chi connectivity index (χ0v) is 17.4. The molecule has 6 nitrogen and oxygen atoms in total. The Morgan fingerprint density at radius 2 is 1.77 bits per heavy atom. The lowest BCUT2D eigenvalue weighted by Gasteiger charge is -2.38. The molecule has 1 saturated heterocycles. The number of halogens is 1. The van der Waals surface area contributed by atoms with E-state index in [1.165, 1.54) is 17.1 Å². The summed E-state index contributed by atoms with van der Waals surface area (Å²) in [5.41, 5.74) is 2.00. The van der Waals surface area contributed by atoms with Crippen LogP contribution >= 0.6 is 0 Å². The van der Waals surface area contributed by atoms with E-state index in [9.17, 15) is 14.0 Å². The summed E-state index contributed by atoms with van der Waals surface area (Å²) in [7, 11) is 0. The van der Waals surface area contributed by atoms with Crippen LogP contribution in [0.1, 0.15) is 36.8 Å². The predicted molar refractivity (Wildman–Crippen MR) is 115 cm³/mol. The second-order valence-corrected chi connectivity index (χ2v) is 8.07. The molecule has 0 unspecified atom stereocenters. The van der Waals surface area contributed by atoms with Gasteiger partial charge in [0.25, 0.3) is 5.91 Å². The van der Waals surface area contributed by atoms with E-state index < -0.39 is 0 Å². The molecule has 0 saturated carbocycles. The van der Waals surface area contributed by atoms with E-state index in [4.69, 9.17) is 4.74 Å². The average molecular weight is 423 g/mol. The van der Waals surface area contributed by atoms with E-state index in [-0.39, 0.29) is 29.5 Å². The van der Waals surface area contributed by atoms with Gasteiger partial charge in [0.1, 0.15) is 11.5 Å². The molecule has 0 atom stereocenters. The number of nitrogens with zero attached hydrogens (tertiary/aromatic N) is 2. The van der Waals surface area contributed by atoms with Gasteiger partial charge in [0, 0.05) is 38.0 Å². The van der Waals surface area contributed by atoms with Crippen molar-refractivity contribution < 1.29 is 18.7 Å². The Bertz CT molecular complexity index is 954. The average Bonchev–Trinajstić information content (AvgIpc) is 2.81. The fourth-order valence-electron chi connectivity index (χ4n) is 4.13. The van der Waals surface area contributed by atoms with Gasteiger partial charge in [0.05, 0.1) is 6.54 Å². The first kappa shape index (κ1) is 21.2. The van der Waals surface area contributed by atoms with Crippen molar-refractivity contribution in [1.82, 2.24) is 10.3 Å². The molecule has 4 rings (SSSR count). The number of hydrogen-bond donors (Lipinski definition) is 1. The number of benzene rings is 2. The minimum absolute atomic E-state index is 0.0902. The van der Waals surface area contributed by atoms with Gasteiger partial charge < -0.3 is 10.1 Å². The van der Waals surface area contributed by atoms with Gasteiger partial charge in [-0.1, -0.05) is 42.5 Å². The molecule has 0 radical (unpaired) electrons. The highest BCUT2D eigenvalue weighted by Gasteiger charge is 2.35. The topological polar surface area (TPSA) is 71.0 Å². The smallest absolute Gasteiger partial charge is 0.267 e. The summed E-state index contributed by atoms with van der Waals surface area (Å²) in [6, 6.07) is 16.0. The second-order valence-electron chi connectivity index (χ2n) is 8.07. The molecule has 31 heavy (non-hydrogen) atoms. The van der Waals surface area contributed by atoms with Crippen molar-refractivity contribution in [2.45, 2.75) is 37.6 Å². The van der Waals surface area contributed by atoms with Gasteiger partial charge >= 0.3 is 0 Å². The third kappa shape index (κ3) is 4.99. The fourth-order valence-corrected chi connectivity index (χ4v) is 4.13. The first-order valence-corrected chi connectivity index (χ1v) is 10.6. The second kappa shape index (κ2) is 9.39. The Labute approximate surface area is 181 Å². The zero-order valence-electron chi connectivity index (χ0n) is 17.4. The van der Waals surface area contributed by atoms with Crippen molar-refractivity contribution in [3.05, 3.63) is 71.5 Å². The highest BCUT2D eigenvalue weighted by Crippen LogP contribution is 2.34. The molecule has 2 heterocycles. The van der Waals surface area contributed by atoms with E-state index in [2.05, 4.69) is 10.4 Å². The van der Waals surface area contributed by atoms with Crippen molar-refractivity contribution in [3.8, 4) is 0 Å². The van der Waals surface area contributed by atoms with E-state index in [1.807, 2.05) is 30.3 Å². The Kier molecular flexibility index (Phi) is 6.42. The van der Waals surface area contributed by atoms with Crippen molar-refractivity contribution in [1.29, 1.82) is 0 Å². The zero-order chi connectivity index (χ0) is 21.7. The highest BCUT2D eigenvalue weighted by atomic mass is 19.1. The van der Waals surface area contributed by atoms with E-state index in [1.54, 1.807) is 12.1 Å². The van der Waals surface area contributed by atoms with Gasteiger partial charge in [-0.05, 0) is 36.1 Å². The number of rotatable bonds is 6. The number of hydrogen-bond acceptors (Lipinski definition) is 4. The van der Waals surface area contributed by atoms with E-state index in [0.29, 0.717) is 38.4 Å². The predicted octanol–water partition coefficient (Wildman–Crippen LogP) is 3.17. The molecule has 2 aliphatic rings. The minimum Gasteiger partial charge on any atom is -0.381 e. The summed E-state index contributed by atoms with van der Waals surface area (Å²) in [4.78, 5) is 25.2. The number of carbonyl (C=O) groups is 2. The molecule has 1 fully saturated rings. The molecule has 2 aromatic rings. The summed E-state index contributed by atoms with van der Waals surface area (Å²) < 4.78 is 18.9. The maximum atomic E-state index is 13.4. The minimum atomic E-state index is -0.309. The van der Waals surface area contributed by atoms with Crippen molar-refractivity contribution in [2.75, 3.05) is 19.8 Å². The van der Waals surface area contributed by atoms with E-state index in [0.717, 1.165) is 24.0 Å². The van der Waals surface area contributed by atoms with E-state index >= 15 is 0 Å². The molecular weight excluding hydrogens is 397 g/mol.